The third-order valence-corrected chi connectivity index (χ3v) is 2.46. The van der Waals surface area contributed by atoms with Crippen LogP contribution in [-0.4, -0.2) is 5.16 Å². The zero-order valence-electron chi connectivity index (χ0n) is 6.74. The molecule has 0 aromatic carbocycles. The van der Waals surface area contributed by atoms with Gasteiger partial charge < -0.3 is 4.52 Å². The van der Waals surface area contributed by atoms with E-state index in [0.29, 0.717) is 10.6 Å². The van der Waals surface area contributed by atoms with Gasteiger partial charge in [-0.05, 0) is 17.5 Å². The molecule has 2 aromatic rings. The molecule has 0 aliphatic heterocycles. The Morgan fingerprint density at radius 2 is 2.46 bits per heavy atom. The Kier molecular flexibility index (Phi) is 1.90. The van der Waals surface area contributed by atoms with Gasteiger partial charge in [-0.3, -0.25) is 0 Å². The van der Waals surface area contributed by atoms with Crippen molar-refractivity contribution in [2.75, 3.05) is 0 Å². The molecule has 2 aromatic heterocycles. The molecule has 0 aliphatic rings. The van der Waals surface area contributed by atoms with E-state index in [1.54, 1.807) is 17.4 Å². The minimum absolute atomic E-state index is 0.376. The minimum Gasteiger partial charge on any atom is -0.338 e. The average molecular weight is 193 g/mol. The summed E-state index contributed by atoms with van der Waals surface area (Å²) in [5.41, 5.74) is -0.376. The summed E-state index contributed by atoms with van der Waals surface area (Å²) < 4.78 is 4.57. The predicted octanol–water partition coefficient (Wildman–Crippen LogP) is 0.268. The first kappa shape index (κ1) is 8.07. The number of aromatic nitrogens is 1. The van der Waals surface area contributed by atoms with Crippen LogP contribution in [0.15, 0.2) is 26.8 Å². The summed E-state index contributed by atoms with van der Waals surface area (Å²) in [6.45, 7) is 3.65. The van der Waals surface area contributed by atoms with Crippen molar-refractivity contribution in [1.29, 1.82) is 0 Å². The summed E-state index contributed by atoms with van der Waals surface area (Å²) in [6, 6.07) is 3.85. The van der Waals surface area contributed by atoms with Gasteiger partial charge in [-0.2, -0.15) is 0 Å². The van der Waals surface area contributed by atoms with Gasteiger partial charge >= 0.3 is 5.63 Å². The van der Waals surface area contributed by atoms with E-state index in [2.05, 4.69) is 16.3 Å². The molecule has 13 heavy (non-hydrogen) atoms. The molecule has 0 saturated carbocycles. The molecule has 0 spiro atoms. The molecule has 0 atom stereocenters. The van der Waals surface area contributed by atoms with Crippen LogP contribution in [0.3, 0.4) is 0 Å². The van der Waals surface area contributed by atoms with Crippen LogP contribution in [0.2, 0.25) is 0 Å². The van der Waals surface area contributed by atoms with Gasteiger partial charge in [-0.25, -0.2) is 9.95 Å². The SMILES string of the molecule is C=c1[nH]oc(=O)c1=Cc1cccs1. The lowest BCUT2D eigenvalue weighted by molar-refractivity contribution is 0.386. The zero-order chi connectivity index (χ0) is 9.26. The van der Waals surface area contributed by atoms with E-state index >= 15 is 0 Å². The Labute approximate surface area is 77.6 Å². The van der Waals surface area contributed by atoms with Crippen LogP contribution >= 0.6 is 11.3 Å². The van der Waals surface area contributed by atoms with Crippen molar-refractivity contribution in [3.63, 3.8) is 0 Å². The van der Waals surface area contributed by atoms with Crippen molar-refractivity contribution in [2.24, 2.45) is 0 Å². The fraction of sp³-hybridized carbons (Fsp3) is 0. The fourth-order valence-electron chi connectivity index (χ4n) is 1.00. The minimum atomic E-state index is -0.376. The van der Waals surface area contributed by atoms with Crippen LogP contribution in [-0.2, 0) is 0 Å². The molecule has 0 fully saturated rings. The summed E-state index contributed by atoms with van der Waals surface area (Å²) in [5.74, 6) is 0. The van der Waals surface area contributed by atoms with Crippen molar-refractivity contribution in [2.45, 2.75) is 0 Å². The first-order chi connectivity index (χ1) is 6.27. The van der Waals surface area contributed by atoms with Crippen molar-refractivity contribution in [3.8, 4) is 0 Å². The summed E-state index contributed by atoms with van der Waals surface area (Å²) in [6.07, 6.45) is 1.76. The summed E-state index contributed by atoms with van der Waals surface area (Å²) in [7, 11) is 0. The Hall–Kier alpha value is -1.55. The molecule has 0 saturated heterocycles. The first-order valence-corrected chi connectivity index (χ1v) is 4.57. The molecule has 0 radical (unpaired) electrons. The molecule has 4 heteroatoms. The van der Waals surface area contributed by atoms with Gasteiger partial charge in [-0.15, -0.1) is 11.3 Å². The largest absolute Gasteiger partial charge is 0.365 e. The third kappa shape index (κ3) is 1.48. The Bertz CT molecular complexity index is 517. The number of H-pyrrole nitrogens is 1. The fourth-order valence-corrected chi connectivity index (χ4v) is 1.66. The number of hydrogen-bond acceptors (Lipinski definition) is 3. The second-order valence-corrected chi connectivity index (χ2v) is 3.52. The Morgan fingerprint density at radius 1 is 1.62 bits per heavy atom. The number of aromatic amines is 1. The molecule has 1 N–H and O–H groups in total. The van der Waals surface area contributed by atoms with E-state index < -0.39 is 0 Å². The molecule has 0 amide bonds. The zero-order valence-corrected chi connectivity index (χ0v) is 7.56. The number of rotatable bonds is 1. The number of nitrogens with one attached hydrogen (secondary N) is 1. The van der Waals surface area contributed by atoms with Gasteiger partial charge in [0.25, 0.3) is 0 Å². The first-order valence-electron chi connectivity index (χ1n) is 3.69. The molecular weight excluding hydrogens is 186 g/mol. The monoisotopic (exact) mass is 193 g/mol. The lowest BCUT2D eigenvalue weighted by Gasteiger charge is -1.77. The Morgan fingerprint density at radius 3 is 3.00 bits per heavy atom. The van der Waals surface area contributed by atoms with Gasteiger partial charge in [0.2, 0.25) is 0 Å². The Balaban J connectivity index is 2.71. The molecule has 0 bridgehead atoms. The van der Waals surface area contributed by atoms with Crippen molar-refractivity contribution in [3.05, 3.63) is 43.4 Å². The molecule has 2 heterocycles. The molecule has 0 aliphatic carbocycles. The van der Waals surface area contributed by atoms with Gasteiger partial charge in [0.05, 0.1) is 10.6 Å². The molecule has 0 unspecified atom stereocenters. The maximum atomic E-state index is 11.1. The van der Waals surface area contributed by atoms with E-state index in [0.717, 1.165) is 4.88 Å². The van der Waals surface area contributed by atoms with Crippen LogP contribution in [0.1, 0.15) is 4.88 Å². The maximum Gasteiger partial charge on any atom is 0.365 e. The predicted molar refractivity (Wildman–Crippen MR) is 52.0 cm³/mol. The summed E-state index contributed by atoms with van der Waals surface area (Å²) in [4.78, 5) is 12.1. The highest BCUT2D eigenvalue weighted by molar-refractivity contribution is 7.10. The van der Waals surface area contributed by atoms with E-state index in [-0.39, 0.29) is 5.63 Å². The van der Waals surface area contributed by atoms with Crippen molar-refractivity contribution < 1.29 is 4.52 Å². The van der Waals surface area contributed by atoms with E-state index in [1.807, 2.05) is 17.5 Å². The van der Waals surface area contributed by atoms with Crippen molar-refractivity contribution >= 4 is 24.0 Å². The summed E-state index contributed by atoms with van der Waals surface area (Å²) in [5, 5.41) is 5.37. The number of hydrogen-bond donors (Lipinski definition) is 1. The molecular formula is C9H7NO2S. The standard InChI is InChI=1S/C9H7NO2S/c1-6-8(9(11)12-10-6)5-7-3-2-4-13-7/h2-5,10H,1H2. The van der Waals surface area contributed by atoms with Gasteiger partial charge in [0.1, 0.15) is 0 Å². The topological polar surface area (TPSA) is 46.0 Å². The second kappa shape index (κ2) is 3.06. The lowest BCUT2D eigenvalue weighted by Crippen LogP contribution is -2.31. The molecule has 66 valence electrons. The highest BCUT2D eigenvalue weighted by atomic mass is 32.1. The van der Waals surface area contributed by atoms with Crippen LogP contribution in [0.5, 0.6) is 0 Å². The summed E-state index contributed by atoms with van der Waals surface area (Å²) >= 11 is 1.56. The van der Waals surface area contributed by atoms with Gasteiger partial charge in [0.15, 0.2) is 0 Å². The lowest BCUT2D eigenvalue weighted by atomic mass is 10.3. The maximum absolute atomic E-state index is 11.1. The van der Waals surface area contributed by atoms with Gasteiger partial charge in [0, 0.05) is 4.88 Å². The van der Waals surface area contributed by atoms with Crippen LogP contribution in [0.25, 0.3) is 12.7 Å². The second-order valence-electron chi connectivity index (χ2n) is 2.54. The third-order valence-electron chi connectivity index (χ3n) is 1.64. The van der Waals surface area contributed by atoms with Crippen molar-refractivity contribution in [1.82, 2.24) is 5.16 Å². The quantitative estimate of drug-likeness (QED) is 0.706. The highest BCUT2D eigenvalue weighted by Gasteiger charge is 1.95. The van der Waals surface area contributed by atoms with Crippen LogP contribution in [0.4, 0.5) is 0 Å². The highest BCUT2D eigenvalue weighted by Crippen LogP contribution is 2.07. The van der Waals surface area contributed by atoms with Crippen LogP contribution < -0.4 is 16.2 Å². The van der Waals surface area contributed by atoms with E-state index in [9.17, 15) is 4.79 Å². The molecule has 3 nitrogen and oxygen atoms in total. The molecule has 2 rings (SSSR count). The smallest absolute Gasteiger partial charge is 0.338 e. The van der Waals surface area contributed by atoms with Crippen LogP contribution in [0, 0.1) is 0 Å². The normalized spacial score (nSPS) is 12.2. The van der Waals surface area contributed by atoms with Gasteiger partial charge in [-0.1, -0.05) is 12.6 Å². The average Bonchev–Trinajstić information content (AvgIpc) is 2.70. The van der Waals surface area contributed by atoms with E-state index in [1.165, 1.54) is 0 Å². The number of thiophene rings is 1. The van der Waals surface area contributed by atoms with E-state index in [4.69, 9.17) is 0 Å².